The molecule has 0 spiro atoms. The summed E-state index contributed by atoms with van der Waals surface area (Å²) in [6.07, 6.45) is 0. The molecule has 0 heterocycles. The Hall–Kier alpha value is -2.29. The van der Waals surface area contributed by atoms with Crippen molar-refractivity contribution in [3.05, 3.63) is 47.0 Å². The van der Waals surface area contributed by atoms with Crippen molar-refractivity contribution in [2.75, 3.05) is 43.0 Å². The number of aryl methyl sites for hydroxylation is 1. The second kappa shape index (κ2) is 11.5. The van der Waals surface area contributed by atoms with Crippen molar-refractivity contribution >= 4 is 38.9 Å². The number of ether oxygens (including phenoxy) is 1. The zero-order valence-corrected chi connectivity index (χ0v) is 20.9. The zero-order chi connectivity index (χ0) is 23.9. The second-order valence-corrected chi connectivity index (χ2v) is 9.56. The van der Waals surface area contributed by atoms with Gasteiger partial charge in [0.15, 0.2) is 6.61 Å². The number of sulfonamides is 1. The molecular formula is C23H32ClN3O4S. The standard InChI is InChI=1S/C23H32ClN3O4S/c1-6-26(7-2)21-12-11-19(32(29,30)27(8-3)9-4)15-20(21)25-23(28)16-31-22-13-10-18(24)14-17(22)5/h10-15H,6-9,16H2,1-5H3,(H,25,28). The molecule has 0 radical (unpaired) electrons. The van der Waals surface area contributed by atoms with Gasteiger partial charge in [-0.3, -0.25) is 4.79 Å². The largest absolute Gasteiger partial charge is 0.483 e. The van der Waals surface area contributed by atoms with Crippen molar-refractivity contribution in [1.82, 2.24) is 4.31 Å². The van der Waals surface area contributed by atoms with Crippen LogP contribution in [0.3, 0.4) is 0 Å². The molecule has 2 aromatic rings. The SMILES string of the molecule is CCN(CC)c1ccc(S(=O)(=O)N(CC)CC)cc1NC(=O)COc1ccc(Cl)cc1C. The molecule has 2 rings (SSSR count). The number of nitrogens with zero attached hydrogens (tertiary/aromatic N) is 2. The van der Waals surface area contributed by atoms with Crippen molar-refractivity contribution in [3.8, 4) is 5.75 Å². The summed E-state index contributed by atoms with van der Waals surface area (Å²) in [5.74, 6) is 0.177. The lowest BCUT2D eigenvalue weighted by atomic mass is 10.2. The van der Waals surface area contributed by atoms with Crippen LogP contribution in [0, 0.1) is 6.92 Å². The molecule has 0 fully saturated rings. The van der Waals surface area contributed by atoms with E-state index in [0.29, 0.717) is 42.6 Å². The van der Waals surface area contributed by atoms with E-state index in [2.05, 4.69) is 5.32 Å². The van der Waals surface area contributed by atoms with Gasteiger partial charge in [0.1, 0.15) is 5.75 Å². The number of benzene rings is 2. The molecule has 176 valence electrons. The molecule has 0 saturated carbocycles. The van der Waals surface area contributed by atoms with Gasteiger partial charge in [0, 0.05) is 31.2 Å². The van der Waals surface area contributed by atoms with Gasteiger partial charge >= 0.3 is 0 Å². The van der Waals surface area contributed by atoms with E-state index in [-0.39, 0.29) is 17.4 Å². The van der Waals surface area contributed by atoms with Crippen molar-refractivity contribution in [1.29, 1.82) is 0 Å². The third kappa shape index (κ3) is 6.15. The Kier molecular flexibility index (Phi) is 9.36. The Balaban J connectivity index is 2.32. The minimum absolute atomic E-state index is 0.141. The molecule has 2 aromatic carbocycles. The average molecular weight is 482 g/mol. The maximum absolute atomic E-state index is 13.0. The van der Waals surface area contributed by atoms with E-state index >= 15 is 0 Å². The molecule has 0 saturated heterocycles. The van der Waals surface area contributed by atoms with Gasteiger partial charge in [-0.25, -0.2) is 8.42 Å². The quantitative estimate of drug-likeness (QED) is 0.509. The van der Waals surface area contributed by atoms with E-state index in [4.69, 9.17) is 16.3 Å². The summed E-state index contributed by atoms with van der Waals surface area (Å²) in [6.45, 7) is 11.4. The normalized spacial score (nSPS) is 11.5. The van der Waals surface area contributed by atoms with Gasteiger partial charge in [-0.2, -0.15) is 4.31 Å². The second-order valence-electron chi connectivity index (χ2n) is 7.19. The van der Waals surface area contributed by atoms with Gasteiger partial charge in [-0.05, 0) is 62.7 Å². The van der Waals surface area contributed by atoms with Gasteiger partial charge in [0.2, 0.25) is 10.0 Å². The topological polar surface area (TPSA) is 79.0 Å². The summed E-state index contributed by atoms with van der Waals surface area (Å²) >= 11 is 5.96. The van der Waals surface area contributed by atoms with Crippen LogP contribution >= 0.6 is 11.6 Å². The van der Waals surface area contributed by atoms with E-state index in [1.807, 2.05) is 25.7 Å². The molecule has 7 nitrogen and oxygen atoms in total. The molecular weight excluding hydrogens is 450 g/mol. The highest BCUT2D eigenvalue weighted by atomic mass is 35.5. The molecule has 32 heavy (non-hydrogen) atoms. The third-order valence-electron chi connectivity index (χ3n) is 5.19. The summed E-state index contributed by atoms with van der Waals surface area (Å²) in [5, 5.41) is 3.43. The number of carbonyl (C=O) groups is 1. The van der Waals surface area contributed by atoms with E-state index in [1.54, 1.807) is 44.2 Å². The number of rotatable bonds is 11. The lowest BCUT2D eigenvalue weighted by Gasteiger charge is -2.26. The van der Waals surface area contributed by atoms with Crippen molar-refractivity contribution in [3.63, 3.8) is 0 Å². The minimum Gasteiger partial charge on any atom is -0.483 e. The van der Waals surface area contributed by atoms with Gasteiger partial charge < -0.3 is 15.0 Å². The van der Waals surface area contributed by atoms with Gasteiger partial charge in [0.25, 0.3) is 5.91 Å². The predicted molar refractivity (Wildman–Crippen MR) is 130 cm³/mol. The Morgan fingerprint density at radius 3 is 2.22 bits per heavy atom. The van der Waals surface area contributed by atoms with Crippen LogP contribution in [0.2, 0.25) is 5.02 Å². The van der Waals surface area contributed by atoms with E-state index < -0.39 is 10.0 Å². The molecule has 0 aliphatic carbocycles. The van der Waals surface area contributed by atoms with Crippen molar-refractivity contribution in [2.24, 2.45) is 0 Å². The average Bonchev–Trinajstić information content (AvgIpc) is 2.75. The van der Waals surface area contributed by atoms with Crippen LogP contribution in [0.5, 0.6) is 5.75 Å². The summed E-state index contributed by atoms with van der Waals surface area (Å²) in [4.78, 5) is 14.9. The summed E-state index contributed by atoms with van der Waals surface area (Å²) in [6, 6.07) is 10.0. The minimum atomic E-state index is -3.66. The molecule has 0 bridgehead atoms. The lowest BCUT2D eigenvalue weighted by Crippen LogP contribution is -2.31. The Morgan fingerprint density at radius 2 is 1.66 bits per heavy atom. The fraction of sp³-hybridized carbons (Fsp3) is 0.435. The monoisotopic (exact) mass is 481 g/mol. The van der Waals surface area contributed by atoms with Crippen LogP contribution in [0.4, 0.5) is 11.4 Å². The molecule has 1 amide bonds. The third-order valence-corrected chi connectivity index (χ3v) is 7.47. The van der Waals surface area contributed by atoms with Crippen LogP contribution in [0.15, 0.2) is 41.3 Å². The first-order chi connectivity index (χ1) is 15.2. The van der Waals surface area contributed by atoms with Gasteiger partial charge in [0.05, 0.1) is 16.3 Å². The molecule has 0 aromatic heterocycles. The van der Waals surface area contributed by atoms with E-state index in [0.717, 1.165) is 11.3 Å². The van der Waals surface area contributed by atoms with Gasteiger partial charge in [-0.15, -0.1) is 0 Å². The van der Waals surface area contributed by atoms with Crippen LogP contribution in [0.25, 0.3) is 0 Å². The van der Waals surface area contributed by atoms with Crippen molar-refractivity contribution < 1.29 is 17.9 Å². The van der Waals surface area contributed by atoms with Crippen LogP contribution in [0.1, 0.15) is 33.3 Å². The maximum atomic E-state index is 13.0. The first-order valence-electron chi connectivity index (χ1n) is 10.8. The summed E-state index contributed by atoms with van der Waals surface area (Å²) < 4.78 is 33.0. The molecule has 0 atom stereocenters. The number of anilines is 2. The number of hydrogen-bond acceptors (Lipinski definition) is 5. The fourth-order valence-corrected chi connectivity index (χ4v) is 5.14. The highest BCUT2D eigenvalue weighted by Gasteiger charge is 2.24. The highest BCUT2D eigenvalue weighted by Crippen LogP contribution is 2.30. The van der Waals surface area contributed by atoms with Crippen LogP contribution in [-0.4, -0.2) is 51.4 Å². The molecule has 0 aliphatic rings. The number of hydrogen-bond donors (Lipinski definition) is 1. The Bertz CT molecular complexity index is 1040. The Morgan fingerprint density at radius 1 is 1.00 bits per heavy atom. The summed E-state index contributed by atoms with van der Waals surface area (Å²) in [7, 11) is -3.66. The predicted octanol–water partition coefficient (Wildman–Crippen LogP) is 4.54. The number of amides is 1. The maximum Gasteiger partial charge on any atom is 0.262 e. The smallest absolute Gasteiger partial charge is 0.262 e. The molecule has 0 aliphatic heterocycles. The van der Waals surface area contributed by atoms with Gasteiger partial charge in [-0.1, -0.05) is 25.4 Å². The number of nitrogens with one attached hydrogen (secondary N) is 1. The molecule has 1 N–H and O–H groups in total. The lowest BCUT2D eigenvalue weighted by molar-refractivity contribution is -0.118. The fourth-order valence-electron chi connectivity index (χ4n) is 3.43. The number of halogens is 1. The molecule has 0 unspecified atom stereocenters. The number of carbonyl (C=O) groups excluding carboxylic acids is 1. The highest BCUT2D eigenvalue weighted by molar-refractivity contribution is 7.89. The Labute approximate surface area is 196 Å². The summed E-state index contributed by atoms with van der Waals surface area (Å²) in [5.41, 5.74) is 2.01. The first-order valence-corrected chi connectivity index (χ1v) is 12.6. The van der Waals surface area contributed by atoms with E-state index in [9.17, 15) is 13.2 Å². The zero-order valence-electron chi connectivity index (χ0n) is 19.3. The first kappa shape index (κ1) is 26.0. The van der Waals surface area contributed by atoms with E-state index in [1.165, 1.54) is 10.4 Å². The van der Waals surface area contributed by atoms with Crippen LogP contribution in [-0.2, 0) is 14.8 Å². The molecule has 9 heteroatoms. The van der Waals surface area contributed by atoms with Crippen LogP contribution < -0.4 is 15.0 Å². The van der Waals surface area contributed by atoms with Crippen molar-refractivity contribution in [2.45, 2.75) is 39.5 Å².